The van der Waals surface area contributed by atoms with Gasteiger partial charge in [-0.1, -0.05) is 0 Å². The summed E-state index contributed by atoms with van der Waals surface area (Å²) in [4.78, 5) is 8.40. The second-order valence-corrected chi connectivity index (χ2v) is 6.08. The number of ether oxygens (including phenoxy) is 1. The lowest BCUT2D eigenvalue weighted by atomic mass is 10.2. The van der Waals surface area contributed by atoms with Gasteiger partial charge in [0.2, 0.25) is 0 Å². The molecule has 126 valence electrons. The van der Waals surface area contributed by atoms with Crippen LogP contribution in [0, 0.1) is 5.82 Å². The van der Waals surface area contributed by atoms with Crippen molar-refractivity contribution in [2.24, 2.45) is 7.05 Å². The smallest absolute Gasteiger partial charge is 0.200 e. The Balaban J connectivity index is 1.76. The van der Waals surface area contributed by atoms with E-state index in [4.69, 9.17) is 9.15 Å². The molecule has 0 amide bonds. The minimum absolute atomic E-state index is 0.137. The predicted octanol–water partition coefficient (Wildman–Crippen LogP) is 3.32. The van der Waals surface area contributed by atoms with E-state index in [2.05, 4.69) is 20.2 Å². The van der Waals surface area contributed by atoms with Crippen molar-refractivity contribution in [2.75, 3.05) is 7.11 Å². The maximum absolute atomic E-state index is 13.9. The lowest BCUT2D eigenvalue weighted by Gasteiger charge is -2.07. The number of halogens is 1. The van der Waals surface area contributed by atoms with Crippen LogP contribution in [-0.2, 0) is 7.05 Å². The van der Waals surface area contributed by atoms with Gasteiger partial charge in [-0.15, -0.1) is 10.2 Å². The molecule has 0 saturated heterocycles. The van der Waals surface area contributed by atoms with E-state index < -0.39 is 5.82 Å². The van der Waals surface area contributed by atoms with Crippen molar-refractivity contribution < 1.29 is 13.5 Å². The number of rotatable bonds is 4. The monoisotopic (exact) mass is 357 g/mol. The Labute approximate surface area is 145 Å². The van der Waals surface area contributed by atoms with Crippen LogP contribution in [0.1, 0.15) is 0 Å². The molecule has 0 saturated carbocycles. The van der Waals surface area contributed by atoms with Crippen molar-refractivity contribution in [1.82, 2.24) is 24.7 Å². The van der Waals surface area contributed by atoms with Gasteiger partial charge in [0.15, 0.2) is 28.3 Å². The molecular weight excluding hydrogens is 345 g/mol. The lowest BCUT2D eigenvalue weighted by molar-refractivity contribution is 0.387. The van der Waals surface area contributed by atoms with Gasteiger partial charge >= 0.3 is 0 Å². The standard InChI is InChI=1S/C16H12FN5O2S/c1-22-14(12-4-3-5-24-12)20-21-16(22)25-15-9-6-13(23-2)10(17)7-11(9)18-8-19-15/h3-8H,1-2H3. The SMILES string of the molecule is COc1cc2c(Sc3nnc(-c4ccco4)n3C)ncnc2cc1F. The van der Waals surface area contributed by atoms with Gasteiger partial charge < -0.3 is 13.7 Å². The number of fused-ring (bicyclic) bond motifs is 1. The van der Waals surface area contributed by atoms with Gasteiger partial charge in [-0.2, -0.15) is 0 Å². The molecule has 9 heteroatoms. The first-order chi connectivity index (χ1) is 12.2. The predicted molar refractivity (Wildman–Crippen MR) is 88.9 cm³/mol. The molecule has 0 N–H and O–H groups in total. The molecule has 3 aromatic heterocycles. The zero-order valence-corrected chi connectivity index (χ0v) is 14.1. The van der Waals surface area contributed by atoms with E-state index in [0.717, 1.165) is 0 Å². The second-order valence-electron chi connectivity index (χ2n) is 5.13. The summed E-state index contributed by atoms with van der Waals surface area (Å²) in [5, 5.41) is 10.3. The number of hydrogen-bond donors (Lipinski definition) is 0. The summed E-state index contributed by atoms with van der Waals surface area (Å²) in [5.41, 5.74) is 0.490. The van der Waals surface area contributed by atoms with Crippen molar-refractivity contribution in [2.45, 2.75) is 10.2 Å². The first kappa shape index (κ1) is 15.6. The Bertz CT molecular complexity index is 1050. The van der Waals surface area contributed by atoms with Gasteiger partial charge in [-0.25, -0.2) is 14.4 Å². The number of methoxy groups -OCH3 is 1. The van der Waals surface area contributed by atoms with E-state index in [9.17, 15) is 4.39 Å². The topological polar surface area (TPSA) is 78.9 Å². The largest absolute Gasteiger partial charge is 0.494 e. The van der Waals surface area contributed by atoms with Crippen LogP contribution in [0.2, 0.25) is 0 Å². The average Bonchev–Trinajstić information content (AvgIpc) is 3.25. The van der Waals surface area contributed by atoms with E-state index in [-0.39, 0.29) is 5.75 Å². The number of aromatic nitrogens is 5. The fourth-order valence-corrected chi connectivity index (χ4v) is 3.23. The van der Waals surface area contributed by atoms with Gasteiger partial charge in [-0.3, -0.25) is 0 Å². The molecule has 0 radical (unpaired) electrons. The van der Waals surface area contributed by atoms with Crippen LogP contribution < -0.4 is 4.74 Å². The summed E-state index contributed by atoms with van der Waals surface area (Å²) in [6.07, 6.45) is 2.97. The van der Waals surface area contributed by atoms with E-state index in [1.165, 1.54) is 31.3 Å². The zero-order valence-electron chi connectivity index (χ0n) is 13.3. The fraction of sp³-hybridized carbons (Fsp3) is 0.125. The Hall–Kier alpha value is -2.94. The molecule has 4 aromatic rings. The third kappa shape index (κ3) is 2.72. The summed E-state index contributed by atoms with van der Waals surface area (Å²) >= 11 is 1.31. The minimum Gasteiger partial charge on any atom is -0.494 e. The van der Waals surface area contributed by atoms with E-state index in [1.807, 2.05) is 13.1 Å². The highest BCUT2D eigenvalue weighted by Gasteiger charge is 2.17. The second kappa shape index (κ2) is 6.17. The Kier molecular flexibility index (Phi) is 3.85. The molecule has 0 aliphatic rings. The summed E-state index contributed by atoms with van der Waals surface area (Å²) in [5.74, 6) is 0.898. The van der Waals surface area contributed by atoms with Crippen molar-refractivity contribution >= 4 is 22.7 Å². The molecular formula is C16H12FN5O2S. The normalized spacial score (nSPS) is 11.2. The number of hydrogen-bond acceptors (Lipinski definition) is 7. The van der Waals surface area contributed by atoms with Gasteiger partial charge in [0, 0.05) is 18.5 Å². The van der Waals surface area contributed by atoms with Gasteiger partial charge in [-0.05, 0) is 30.0 Å². The molecule has 0 aliphatic heterocycles. The average molecular weight is 357 g/mol. The van der Waals surface area contributed by atoms with Crippen molar-refractivity contribution in [3.8, 4) is 17.3 Å². The molecule has 0 fully saturated rings. The maximum atomic E-state index is 13.9. The Morgan fingerprint density at radius 3 is 2.88 bits per heavy atom. The quantitative estimate of drug-likeness (QED) is 0.518. The molecule has 7 nitrogen and oxygen atoms in total. The molecule has 1 aromatic carbocycles. The molecule has 0 unspecified atom stereocenters. The maximum Gasteiger partial charge on any atom is 0.200 e. The molecule has 0 aliphatic carbocycles. The van der Waals surface area contributed by atoms with Crippen LogP contribution in [0.4, 0.5) is 4.39 Å². The first-order valence-electron chi connectivity index (χ1n) is 7.26. The molecule has 4 rings (SSSR count). The highest BCUT2D eigenvalue weighted by Crippen LogP contribution is 2.34. The molecule has 25 heavy (non-hydrogen) atoms. The molecule has 0 bridgehead atoms. The van der Waals surface area contributed by atoms with Crippen LogP contribution in [-0.4, -0.2) is 31.8 Å². The summed E-state index contributed by atoms with van der Waals surface area (Å²) in [6, 6.07) is 6.50. The van der Waals surface area contributed by atoms with Gasteiger partial charge in [0.05, 0.1) is 18.9 Å². The number of benzene rings is 1. The van der Waals surface area contributed by atoms with Crippen molar-refractivity contribution in [3.63, 3.8) is 0 Å². The highest BCUT2D eigenvalue weighted by molar-refractivity contribution is 7.99. The van der Waals surface area contributed by atoms with E-state index in [0.29, 0.717) is 32.7 Å². The summed E-state index contributed by atoms with van der Waals surface area (Å²) in [6.45, 7) is 0. The summed E-state index contributed by atoms with van der Waals surface area (Å²) in [7, 11) is 3.25. The number of nitrogens with zero attached hydrogens (tertiary/aromatic N) is 5. The Morgan fingerprint density at radius 2 is 2.12 bits per heavy atom. The van der Waals surface area contributed by atoms with Crippen LogP contribution in [0.3, 0.4) is 0 Å². The third-order valence-electron chi connectivity index (χ3n) is 3.64. The summed E-state index contributed by atoms with van der Waals surface area (Å²) < 4.78 is 26.1. The first-order valence-corrected chi connectivity index (χ1v) is 8.08. The molecule has 0 spiro atoms. The van der Waals surface area contributed by atoms with Crippen molar-refractivity contribution in [3.05, 3.63) is 42.7 Å². The Morgan fingerprint density at radius 1 is 1.24 bits per heavy atom. The van der Waals surface area contributed by atoms with E-state index in [1.54, 1.807) is 23.0 Å². The molecule has 3 heterocycles. The fourth-order valence-electron chi connectivity index (χ4n) is 2.38. The highest BCUT2D eigenvalue weighted by atomic mass is 32.2. The van der Waals surface area contributed by atoms with Crippen LogP contribution in [0.5, 0.6) is 5.75 Å². The zero-order chi connectivity index (χ0) is 17.4. The van der Waals surface area contributed by atoms with E-state index >= 15 is 0 Å². The van der Waals surface area contributed by atoms with Crippen LogP contribution in [0.15, 0.2) is 51.5 Å². The van der Waals surface area contributed by atoms with Gasteiger partial charge in [0.1, 0.15) is 11.4 Å². The number of furan rings is 1. The van der Waals surface area contributed by atoms with Crippen LogP contribution in [0.25, 0.3) is 22.5 Å². The van der Waals surface area contributed by atoms with Crippen LogP contribution >= 0.6 is 11.8 Å². The van der Waals surface area contributed by atoms with Crippen molar-refractivity contribution in [1.29, 1.82) is 0 Å². The lowest BCUT2D eigenvalue weighted by Crippen LogP contribution is -1.96. The van der Waals surface area contributed by atoms with Gasteiger partial charge in [0.25, 0.3) is 0 Å². The minimum atomic E-state index is -0.469. The molecule has 0 atom stereocenters. The third-order valence-corrected chi connectivity index (χ3v) is 4.69.